The SMILES string of the molecule is O=S(=O)(c1ccc(C2=C(c3ccc(Cl)c(F)c3)CC3(CC3)C2)cc1)C(F)F. The predicted molar refractivity (Wildman–Crippen MR) is 98.8 cm³/mol. The highest BCUT2D eigenvalue weighted by Gasteiger charge is 2.48. The molecule has 1 saturated carbocycles. The van der Waals surface area contributed by atoms with Gasteiger partial charge in [0.1, 0.15) is 5.82 Å². The molecule has 0 amide bonds. The predicted octanol–water partition coefficient (Wildman–Crippen LogP) is 5.96. The zero-order valence-electron chi connectivity index (χ0n) is 14.2. The summed E-state index contributed by atoms with van der Waals surface area (Å²) in [4.78, 5) is -0.403. The number of alkyl halides is 2. The molecule has 0 N–H and O–H groups in total. The van der Waals surface area contributed by atoms with Gasteiger partial charge in [-0.1, -0.05) is 29.8 Å². The Morgan fingerprint density at radius 2 is 1.48 bits per heavy atom. The molecule has 0 unspecified atom stereocenters. The molecule has 0 heterocycles. The zero-order valence-corrected chi connectivity index (χ0v) is 15.8. The fourth-order valence-electron chi connectivity index (χ4n) is 3.74. The first-order chi connectivity index (χ1) is 12.7. The van der Waals surface area contributed by atoms with Gasteiger partial charge in [-0.25, -0.2) is 12.8 Å². The molecule has 0 radical (unpaired) electrons. The molecule has 1 spiro atoms. The van der Waals surface area contributed by atoms with Crippen molar-refractivity contribution >= 4 is 32.6 Å². The summed E-state index contributed by atoms with van der Waals surface area (Å²) < 4.78 is 62.6. The van der Waals surface area contributed by atoms with Crippen LogP contribution in [-0.2, 0) is 9.84 Å². The van der Waals surface area contributed by atoms with E-state index in [1.165, 1.54) is 24.3 Å². The zero-order chi connectivity index (χ0) is 19.4. The first-order valence-corrected chi connectivity index (χ1v) is 10.4. The summed E-state index contributed by atoms with van der Waals surface area (Å²) in [5, 5.41) is 0.0570. The van der Waals surface area contributed by atoms with Gasteiger partial charge in [0.15, 0.2) is 0 Å². The van der Waals surface area contributed by atoms with Crippen molar-refractivity contribution in [2.24, 2.45) is 5.41 Å². The van der Waals surface area contributed by atoms with E-state index in [4.69, 9.17) is 11.6 Å². The van der Waals surface area contributed by atoms with Crippen LogP contribution in [-0.4, -0.2) is 14.2 Å². The average Bonchev–Trinajstić information content (AvgIpc) is 3.28. The first kappa shape index (κ1) is 18.6. The number of sulfone groups is 1. The maximum atomic E-state index is 13.9. The number of benzene rings is 2. The van der Waals surface area contributed by atoms with Crippen LogP contribution in [0.1, 0.15) is 36.8 Å². The Labute approximate surface area is 160 Å². The summed E-state index contributed by atoms with van der Waals surface area (Å²) in [5.74, 6) is -3.94. The maximum absolute atomic E-state index is 13.9. The molecular formula is C20H16ClF3O2S. The molecule has 7 heteroatoms. The molecule has 2 aliphatic carbocycles. The highest BCUT2D eigenvalue weighted by molar-refractivity contribution is 7.91. The third kappa shape index (κ3) is 3.29. The molecule has 2 aromatic rings. The summed E-state index contributed by atoms with van der Waals surface area (Å²) in [7, 11) is -4.62. The van der Waals surface area contributed by atoms with E-state index in [-0.39, 0.29) is 10.4 Å². The number of halogens is 4. The van der Waals surface area contributed by atoms with Crippen molar-refractivity contribution in [3.05, 3.63) is 64.4 Å². The Kier molecular flexibility index (Phi) is 4.39. The van der Waals surface area contributed by atoms with Crippen LogP contribution in [0.25, 0.3) is 11.1 Å². The number of rotatable bonds is 4. The quantitative estimate of drug-likeness (QED) is 0.620. The van der Waals surface area contributed by atoms with E-state index in [1.807, 2.05) is 0 Å². The number of hydrogen-bond donors (Lipinski definition) is 0. The molecule has 0 bridgehead atoms. The van der Waals surface area contributed by atoms with Crippen molar-refractivity contribution in [3.8, 4) is 0 Å². The topological polar surface area (TPSA) is 34.1 Å². The minimum absolute atomic E-state index is 0.0570. The van der Waals surface area contributed by atoms with E-state index in [2.05, 4.69) is 0 Å². The largest absolute Gasteiger partial charge is 0.341 e. The molecular weight excluding hydrogens is 397 g/mol. The summed E-state index contributed by atoms with van der Waals surface area (Å²) in [6, 6.07) is 10.2. The van der Waals surface area contributed by atoms with Gasteiger partial charge in [0, 0.05) is 0 Å². The molecule has 2 aromatic carbocycles. The minimum Gasteiger partial charge on any atom is -0.218 e. The molecule has 0 atom stereocenters. The van der Waals surface area contributed by atoms with Gasteiger partial charge in [0.25, 0.3) is 0 Å². The Hall–Kier alpha value is -1.79. The second kappa shape index (κ2) is 6.38. The van der Waals surface area contributed by atoms with E-state index in [1.54, 1.807) is 18.2 Å². The summed E-state index contributed by atoms with van der Waals surface area (Å²) >= 11 is 5.79. The first-order valence-electron chi connectivity index (χ1n) is 8.52. The van der Waals surface area contributed by atoms with Crippen LogP contribution in [0.2, 0.25) is 5.02 Å². The smallest absolute Gasteiger partial charge is 0.218 e. The molecule has 0 aliphatic heterocycles. The van der Waals surface area contributed by atoms with Crippen LogP contribution in [0.4, 0.5) is 13.2 Å². The van der Waals surface area contributed by atoms with Crippen LogP contribution in [0.5, 0.6) is 0 Å². The Morgan fingerprint density at radius 3 is 2.00 bits per heavy atom. The van der Waals surface area contributed by atoms with Crippen LogP contribution >= 0.6 is 11.6 Å². The van der Waals surface area contributed by atoms with Crippen molar-refractivity contribution in [1.29, 1.82) is 0 Å². The maximum Gasteiger partial charge on any atom is 0.341 e. The minimum atomic E-state index is -4.62. The van der Waals surface area contributed by atoms with Crippen LogP contribution in [0.15, 0.2) is 47.4 Å². The van der Waals surface area contributed by atoms with Crippen molar-refractivity contribution < 1.29 is 21.6 Å². The third-order valence-electron chi connectivity index (χ3n) is 5.46. The summed E-state index contributed by atoms with van der Waals surface area (Å²) in [5.41, 5.74) is 3.73. The van der Waals surface area contributed by atoms with Gasteiger partial charge >= 0.3 is 5.76 Å². The molecule has 0 saturated heterocycles. The van der Waals surface area contributed by atoms with E-state index in [9.17, 15) is 21.6 Å². The highest BCUT2D eigenvalue weighted by Crippen LogP contribution is 2.63. The molecule has 4 rings (SSSR count). The number of allylic oxidation sites excluding steroid dienone is 2. The van der Waals surface area contributed by atoms with Gasteiger partial charge in [0.2, 0.25) is 9.84 Å². The van der Waals surface area contributed by atoms with Crippen molar-refractivity contribution in [2.45, 2.75) is 36.3 Å². The average molecular weight is 413 g/mol. The van der Waals surface area contributed by atoms with Crippen LogP contribution < -0.4 is 0 Å². The van der Waals surface area contributed by atoms with Gasteiger partial charge < -0.3 is 0 Å². The van der Waals surface area contributed by atoms with Crippen molar-refractivity contribution in [3.63, 3.8) is 0 Å². The second-order valence-corrected chi connectivity index (χ2v) is 9.59. The lowest BCUT2D eigenvalue weighted by Gasteiger charge is -2.10. The van der Waals surface area contributed by atoms with Gasteiger partial charge in [-0.05, 0) is 77.6 Å². The summed E-state index contributed by atoms with van der Waals surface area (Å²) in [6.07, 6.45) is 3.82. The highest BCUT2D eigenvalue weighted by atomic mass is 35.5. The van der Waals surface area contributed by atoms with Gasteiger partial charge in [-0.3, -0.25) is 0 Å². The second-order valence-electron chi connectivity index (χ2n) is 7.27. The fourth-order valence-corrected chi connectivity index (χ4v) is 4.58. The lowest BCUT2D eigenvalue weighted by atomic mass is 9.97. The van der Waals surface area contributed by atoms with Gasteiger partial charge in [-0.2, -0.15) is 8.78 Å². The van der Waals surface area contributed by atoms with E-state index < -0.39 is 26.3 Å². The lowest BCUT2D eigenvalue weighted by Crippen LogP contribution is -2.11. The van der Waals surface area contributed by atoms with Gasteiger partial charge in [0.05, 0.1) is 9.92 Å². The van der Waals surface area contributed by atoms with Crippen molar-refractivity contribution in [2.75, 3.05) is 0 Å². The molecule has 1 fully saturated rings. The lowest BCUT2D eigenvalue weighted by molar-refractivity contribution is 0.234. The molecule has 2 aliphatic rings. The van der Waals surface area contributed by atoms with E-state index >= 15 is 0 Å². The fraction of sp³-hybridized carbons (Fsp3) is 0.300. The van der Waals surface area contributed by atoms with E-state index in [0.29, 0.717) is 0 Å². The summed E-state index contributed by atoms with van der Waals surface area (Å²) in [6.45, 7) is 0. The standard InChI is InChI=1S/C20H16ClF3O2S/c21-17-6-3-13(9-18(17)22)16-11-20(7-8-20)10-15(16)12-1-4-14(5-2-12)27(25,26)19(23)24/h1-6,9,19H,7-8,10-11H2. The normalized spacial score (nSPS) is 18.6. The van der Waals surface area contributed by atoms with E-state index in [0.717, 1.165) is 48.0 Å². The van der Waals surface area contributed by atoms with Gasteiger partial charge in [-0.15, -0.1) is 0 Å². The molecule has 0 aromatic heterocycles. The Balaban J connectivity index is 1.76. The Bertz CT molecular complexity index is 1040. The molecule has 142 valence electrons. The molecule has 2 nitrogen and oxygen atoms in total. The number of hydrogen-bond acceptors (Lipinski definition) is 2. The third-order valence-corrected chi connectivity index (χ3v) is 7.16. The Morgan fingerprint density at radius 1 is 0.926 bits per heavy atom. The monoisotopic (exact) mass is 412 g/mol. The molecule has 27 heavy (non-hydrogen) atoms. The van der Waals surface area contributed by atoms with Crippen LogP contribution in [0.3, 0.4) is 0 Å². The van der Waals surface area contributed by atoms with Crippen LogP contribution in [0, 0.1) is 11.2 Å². The van der Waals surface area contributed by atoms with Crippen molar-refractivity contribution in [1.82, 2.24) is 0 Å².